The summed E-state index contributed by atoms with van der Waals surface area (Å²) in [7, 11) is 1.56. The van der Waals surface area contributed by atoms with Crippen LogP contribution >= 0.6 is 0 Å². The molecule has 2 aliphatic rings. The molecule has 1 aromatic carbocycles. The maximum absolute atomic E-state index is 13.4. The van der Waals surface area contributed by atoms with Crippen molar-refractivity contribution in [3.63, 3.8) is 0 Å². The fourth-order valence-electron chi connectivity index (χ4n) is 4.11. The van der Waals surface area contributed by atoms with Gasteiger partial charge in [0.15, 0.2) is 0 Å². The SMILES string of the molecule is COc1ccccc1C1=C(N2CCCC(CO)C2)C(=O)N(CCCOC(C)C)C1=O. The highest BCUT2D eigenvalue weighted by Crippen LogP contribution is 2.37. The average molecular weight is 417 g/mol. The molecule has 0 bridgehead atoms. The number of piperidine rings is 1. The molecule has 1 saturated heterocycles. The Labute approximate surface area is 178 Å². The lowest BCUT2D eigenvalue weighted by atomic mass is 9.96. The third kappa shape index (κ3) is 4.68. The largest absolute Gasteiger partial charge is 0.496 e. The minimum Gasteiger partial charge on any atom is -0.496 e. The van der Waals surface area contributed by atoms with Crippen LogP contribution in [0.2, 0.25) is 0 Å². The Bertz CT molecular complexity index is 805. The minimum absolute atomic E-state index is 0.0756. The predicted octanol–water partition coefficient (Wildman–Crippen LogP) is 2.29. The van der Waals surface area contributed by atoms with Crippen molar-refractivity contribution < 1.29 is 24.2 Å². The van der Waals surface area contributed by atoms with Crippen molar-refractivity contribution in [3.05, 3.63) is 35.5 Å². The van der Waals surface area contributed by atoms with Gasteiger partial charge >= 0.3 is 0 Å². The van der Waals surface area contributed by atoms with Crippen LogP contribution in [0, 0.1) is 5.92 Å². The number of para-hydroxylation sites is 1. The molecule has 30 heavy (non-hydrogen) atoms. The Balaban J connectivity index is 1.94. The molecule has 0 aromatic heterocycles. The number of ether oxygens (including phenoxy) is 2. The van der Waals surface area contributed by atoms with Crippen LogP contribution in [0.25, 0.3) is 5.57 Å². The molecule has 7 heteroatoms. The minimum atomic E-state index is -0.296. The fraction of sp³-hybridized carbons (Fsp3) is 0.565. The second kappa shape index (κ2) is 10.1. The molecular formula is C23H32N2O5. The smallest absolute Gasteiger partial charge is 0.277 e. The van der Waals surface area contributed by atoms with Crippen molar-refractivity contribution in [1.82, 2.24) is 9.80 Å². The van der Waals surface area contributed by atoms with E-state index in [2.05, 4.69) is 0 Å². The summed E-state index contributed by atoms with van der Waals surface area (Å²) in [5.41, 5.74) is 1.44. The van der Waals surface area contributed by atoms with Gasteiger partial charge in [0.05, 0.1) is 18.8 Å². The van der Waals surface area contributed by atoms with E-state index in [1.165, 1.54) is 4.90 Å². The fourth-order valence-corrected chi connectivity index (χ4v) is 4.11. The number of aliphatic hydroxyl groups excluding tert-OH is 1. The standard InChI is InChI=1S/C23H32N2O5/c1-16(2)30-13-7-12-25-22(27)20(18-9-4-5-10-19(18)29-3)21(23(25)28)24-11-6-8-17(14-24)15-26/h4-5,9-10,16-17,26H,6-8,11-15H2,1-3H3. The first-order chi connectivity index (χ1) is 14.5. The van der Waals surface area contributed by atoms with Crippen molar-refractivity contribution in [3.8, 4) is 5.75 Å². The third-order valence-electron chi connectivity index (χ3n) is 5.59. The zero-order valence-electron chi connectivity index (χ0n) is 18.1. The molecule has 0 aliphatic carbocycles. The first-order valence-corrected chi connectivity index (χ1v) is 10.7. The van der Waals surface area contributed by atoms with Crippen LogP contribution in [0.5, 0.6) is 5.75 Å². The highest BCUT2D eigenvalue weighted by atomic mass is 16.5. The van der Waals surface area contributed by atoms with Gasteiger partial charge in [-0.2, -0.15) is 0 Å². The lowest BCUT2D eigenvalue weighted by Crippen LogP contribution is -2.41. The monoisotopic (exact) mass is 416 g/mol. The van der Waals surface area contributed by atoms with Crippen LogP contribution in [-0.2, 0) is 14.3 Å². The van der Waals surface area contributed by atoms with E-state index < -0.39 is 0 Å². The number of carbonyl (C=O) groups excluding carboxylic acids is 2. The van der Waals surface area contributed by atoms with Gasteiger partial charge in [0, 0.05) is 38.4 Å². The zero-order chi connectivity index (χ0) is 21.7. The summed E-state index contributed by atoms with van der Waals surface area (Å²) in [6, 6.07) is 7.29. The number of likely N-dealkylation sites (tertiary alicyclic amines) is 1. The lowest BCUT2D eigenvalue weighted by Gasteiger charge is -2.34. The highest BCUT2D eigenvalue weighted by molar-refractivity contribution is 6.36. The molecule has 0 spiro atoms. The molecule has 3 rings (SSSR count). The summed E-state index contributed by atoms with van der Waals surface area (Å²) >= 11 is 0. The van der Waals surface area contributed by atoms with E-state index in [9.17, 15) is 14.7 Å². The number of hydrogen-bond donors (Lipinski definition) is 1. The predicted molar refractivity (Wildman–Crippen MR) is 114 cm³/mol. The van der Waals surface area contributed by atoms with Gasteiger partial charge in [0.25, 0.3) is 11.8 Å². The summed E-state index contributed by atoms with van der Waals surface area (Å²) < 4.78 is 11.1. The molecule has 1 unspecified atom stereocenters. The molecule has 2 heterocycles. The summed E-state index contributed by atoms with van der Waals surface area (Å²) in [6.07, 6.45) is 2.48. The number of benzene rings is 1. The van der Waals surface area contributed by atoms with Gasteiger partial charge in [-0.05, 0) is 45.1 Å². The van der Waals surface area contributed by atoms with Gasteiger partial charge < -0.3 is 19.5 Å². The molecule has 1 aromatic rings. The maximum Gasteiger partial charge on any atom is 0.277 e. The second-order valence-corrected chi connectivity index (χ2v) is 8.10. The van der Waals surface area contributed by atoms with Crippen molar-refractivity contribution in [2.75, 3.05) is 40.0 Å². The highest BCUT2D eigenvalue weighted by Gasteiger charge is 2.43. The Morgan fingerprint density at radius 2 is 1.97 bits per heavy atom. The van der Waals surface area contributed by atoms with E-state index in [1.54, 1.807) is 13.2 Å². The van der Waals surface area contributed by atoms with E-state index in [-0.39, 0.29) is 30.4 Å². The number of amides is 2. The third-order valence-corrected chi connectivity index (χ3v) is 5.59. The number of aliphatic hydroxyl groups is 1. The summed E-state index contributed by atoms with van der Waals surface area (Å²) in [5, 5.41) is 9.64. The second-order valence-electron chi connectivity index (χ2n) is 8.10. The number of methoxy groups -OCH3 is 1. The van der Waals surface area contributed by atoms with Crippen LogP contribution < -0.4 is 4.74 Å². The summed E-state index contributed by atoms with van der Waals surface area (Å²) in [6.45, 7) is 6.04. The number of carbonyl (C=O) groups is 2. The number of rotatable bonds is 9. The van der Waals surface area contributed by atoms with Gasteiger partial charge in [-0.3, -0.25) is 14.5 Å². The van der Waals surface area contributed by atoms with Gasteiger partial charge in [0.1, 0.15) is 11.4 Å². The van der Waals surface area contributed by atoms with Crippen molar-refractivity contribution in [1.29, 1.82) is 0 Å². The van der Waals surface area contributed by atoms with Gasteiger partial charge in [-0.1, -0.05) is 18.2 Å². The Kier molecular flexibility index (Phi) is 7.50. The molecular weight excluding hydrogens is 384 g/mol. The average Bonchev–Trinajstić information content (AvgIpc) is 3.00. The summed E-state index contributed by atoms with van der Waals surface area (Å²) in [4.78, 5) is 30.1. The van der Waals surface area contributed by atoms with Gasteiger partial charge in [0.2, 0.25) is 0 Å². The summed E-state index contributed by atoms with van der Waals surface area (Å²) in [5.74, 6) is 0.0904. The van der Waals surface area contributed by atoms with E-state index in [4.69, 9.17) is 9.47 Å². The number of imide groups is 1. The molecule has 2 aliphatic heterocycles. The Morgan fingerprint density at radius 3 is 2.67 bits per heavy atom. The van der Waals surface area contributed by atoms with Crippen molar-refractivity contribution in [2.24, 2.45) is 5.92 Å². The zero-order valence-corrected chi connectivity index (χ0v) is 18.1. The first kappa shape index (κ1) is 22.3. The van der Waals surface area contributed by atoms with Crippen molar-refractivity contribution in [2.45, 2.75) is 39.2 Å². The van der Waals surface area contributed by atoms with E-state index in [1.807, 2.05) is 36.9 Å². The van der Waals surface area contributed by atoms with E-state index >= 15 is 0 Å². The van der Waals surface area contributed by atoms with Crippen LogP contribution in [-0.4, -0.2) is 72.8 Å². The Hall–Kier alpha value is -2.38. The molecule has 2 amide bonds. The first-order valence-electron chi connectivity index (χ1n) is 10.7. The van der Waals surface area contributed by atoms with E-state index in [0.717, 1.165) is 12.8 Å². The van der Waals surface area contributed by atoms with Crippen LogP contribution in [0.1, 0.15) is 38.7 Å². The van der Waals surface area contributed by atoms with Crippen molar-refractivity contribution >= 4 is 17.4 Å². The molecule has 1 atom stereocenters. The molecule has 0 radical (unpaired) electrons. The molecule has 164 valence electrons. The van der Waals surface area contributed by atoms with Crippen LogP contribution in [0.4, 0.5) is 0 Å². The molecule has 7 nitrogen and oxygen atoms in total. The van der Waals surface area contributed by atoms with E-state index in [0.29, 0.717) is 55.2 Å². The molecule has 1 N–H and O–H groups in total. The maximum atomic E-state index is 13.4. The molecule has 0 saturated carbocycles. The number of hydrogen-bond acceptors (Lipinski definition) is 6. The van der Waals surface area contributed by atoms with Gasteiger partial charge in [-0.15, -0.1) is 0 Å². The lowest BCUT2D eigenvalue weighted by molar-refractivity contribution is -0.138. The Morgan fingerprint density at radius 1 is 1.20 bits per heavy atom. The normalized spacial score (nSPS) is 20.0. The van der Waals surface area contributed by atoms with Crippen LogP contribution in [0.15, 0.2) is 30.0 Å². The topological polar surface area (TPSA) is 79.3 Å². The quantitative estimate of drug-likeness (QED) is 0.492. The van der Waals surface area contributed by atoms with Crippen LogP contribution in [0.3, 0.4) is 0 Å². The molecule has 1 fully saturated rings. The van der Waals surface area contributed by atoms with Gasteiger partial charge in [-0.25, -0.2) is 0 Å². The number of nitrogens with zero attached hydrogens (tertiary/aromatic N) is 2.